The fourth-order valence-electron chi connectivity index (χ4n) is 3.08. The van der Waals surface area contributed by atoms with Crippen LogP contribution in [0.2, 0.25) is 0 Å². The van der Waals surface area contributed by atoms with Crippen LogP contribution >= 0.6 is 0 Å². The molecule has 0 aliphatic carbocycles. The summed E-state index contributed by atoms with van der Waals surface area (Å²) in [5.74, 6) is -1.10. The first-order chi connectivity index (χ1) is 10.2. The van der Waals surface area contributed by atoms with E-state index in [0.717, 1.165) is 31.1 Å². The lowest BCUT2D eigenvalue weighted by atomic mass is 9.96. The summed E-state index contributed by atoms with van der Waals surface area (Å²) in [6.45, 7) is 1.12. The fourth-order valence-corrected chi connectivity index (χ4v) is 3.08. The highest BCUT2D eigenvalue weighted by atomic mass is 19.1. The van der Waals surface area contributed by atoms with Gasteiger partial charge in [0.05, 0.1) is 6.04 Å². The molecule has 0 amide bonds. The van der Waals surface area contributed by atoms with Crippen LogP contribution in [0.1, 0.15) is 23.6 Å². The van der Waals surface area contributed by atoms with E-state index in [1.54, 1.807) is 0 Å². The van der Waals surface area contributed by atoms with Gasteiger partial charge in [0, 0.05) is 30.4 Å². The summed E-state index contributed by atoms with van der Waals surface area (Å²) in [6.07, 6.45) is 2.03. The molecule has 1 aliphatic rings. The van der Waals surface area contributed by atoms with E-state index in [1.807, 2.05) is 18.2 Å². The third-order valence-corrected chi connectivity index (χ3v) is 4.07. The topological polar surface area (TPSA) is 29.3 Å². The van der Waals surface area contributed by atoms with Crippen molar-refractivity contribution in [3.63, 3.8) is 0 Å². The van der Waals surface area contributed by atoms with Crippen LogP contribution in [0.25, 0.3) is 0 Å². The van der Waals surface area contributed by atoms with Crippen LogP contribution in [0.3, 0.4) is 0 Å². The van der Waals surface area contributed by atoms with Crippen molar-refractivity contribution in [3.8, 4) is 0 Å². The number of fused-ring (bicyclic) bond motifs is 1. The van der Waals surface area contributed by atoms with Crippen LogP contribution in [0, 0.1) is 11.6 Å². The first-order valence-corrected chi connectivity index (χ1v) is 7.20. The first kappa shape index (κ1) is 14.0. The van der Waals surface area contributed by atoms with Gasteiger partial charge in [-0.05, 0) is 30.5 Å². The SMILES string of the molecule is NCC(c1ccc(F)cc1F)N1CCCc2ccccc21. The van der Waals surface area contributed by atoms with Crippen molar-refractivity contribution in [2.24, 2.45) is 5.73 Å². The van der Waals surface area contributed by atoms with Crippen molar-refractivity contribution in [3.05, 3.63) is 65.2 Å². The second-order valence-electron chi connectivity index (χ2n) is 5.34. The molecule has 2 nitrogen and oxygen atoms in total. The van der Waals surface area contributed by atoms with E-state index < -0.39 is 11.6 Å². The Hall–Kier alpha value is -1.94. The van der Waals surface area contributed by atoms with Crippen LogP contribution in [0.15, 0.2) is 42.5 Å². The van der Waals surface area contributed by atoms with E-state index in [0.29, 0.717) is 5.56 Å². The van der Waals surface area contributed by atoms with E-state index in [-0.39, 0.29) is 12.6 Å². The second kappa shape index (κ2) is 5.82. The van der Waals surface area contributed by atoms with Gasteiger partial charge in [0.25, 0.3) is 0 Å². The Labute approximate surface area is 123 Å². The minimum Gasteiger partial charge on any atom is -0.363 e. The molecule has 21 heavy (non-hydrogen) atoms. The van der Waals surface area contributed by atoms with Gasteiger partial charge in [-0.25, -0.2) is 8.78 Å². The van der Waals surface area contributed by atoms with E-state index in [9.17, 15) is 8.78 Å². The largest absolute Gasteiger partial charge is 0.363 e. The zero-order chi connectivity index (χ0) is 14.8. The van der Waals surface area contributed by atoms with Gasteiger partial charge >= 0.3 is 0 Å². The monoisotopic (exact) mass is 288 g/mol. The minimum absolute atomic E-state index is 0.271. The molecule has 0 radical (unpaired) electrons. The number of halogens is 2. The Morgan fingerprint density at radius 2 is 1.95 bits per heavy atom. The van der Waals surface area contributed by atoms with Crippen molar-refractivity contribution >= 4 is 5.69 Å². The average molecular weight is 288 g/mol. The van der Waals surface area contributed by atoms with Crippen LogP contribution in [-0.4, -0.2) is 13.1 Å². The van der Waals surface area contributed by atoms with Crippen LogP contribution in [-0.2, 0) is 6.42 Å². The number of hydrogen-bond acceptors (Lipinski definition) is 2. The average Bonchev–Trinajstić information content (AvgIpc) is 2.50. The molecule has 0 aromatic heterocycles. The van der Waals surface area contributed by atoms with E-state index in [4.69, 9.17) is 5.73 Å². The third kappa shape index (κ3) is 2.63. The van der Waals surface area contributed by atoms with Gasteiger partial charge in [0.15, 0.2) is 0 Å². The number of benzene rings is 2. The number of anilines is 1. The molecule has 1 aliphatic heterocycles. The highest BCUT2D eigenvalue weighted by Crippen LogP contribution is 2.34. The number of aryl methyl sites for hydroxylation is 1. The first-order valence-electron chi connectivity index (χ1n) is 7.20. The Kier molecular flexibility index (Phi) is 3.88. The van der Waals surface area contributed by atoms with E-state index >= 15 is 0 Å². The maximum Gasteiger partial charge on any atom is 0.131 e. The van der Waals surface area contributed by atoms with Gasteiger partial charge in [-0.2, -0.15) is 0 Å². The van der Waals surface area contributed by atoms with Crippen LogP contribution < -0.4 is 10.6 Å². The highest BCUT2D eigenvalue weighted by Gasteiger charge is 2.26. The quantitative estimate of drug-likeness (QED) is 0.937. The predicted octanol–water partition coefficient (Wildman–Crippen LogP) is 3.42. The Morgan fingerprint density at radius 1 is 1.14 bits per heavy atom. The Bertz CT molecular complexity index is 642. The Balaban J connectivity index is 2.01. The van der Waals surface area contributed by atoms with Gasteiger partial charge in [-0.3, -0.25) is 0 Å². The van der Waals surface area contributed by atoms with Gasteiger partial charge in [0.1, 0.15) is 11.6 Å². The minimum atomic E-state index is -0.564. The van der Waals surface area contributed by atoms with E-state index in [1.165, 1.54) is 17.7 Å². The molecule has 2 aromatic rings. The summed E-state index contributed by atoms with van der Waals surface area (Å²) in [7, 11) is 0. The maximum atomic E-state index is 14.1. The van der Waals surface area contributed by atoms with Crippen molar-refractivity contribution in [1.82, 2.24) is 0 Å². The third-order valence-electron chi connectivity index (χ3n) is 4.07. The zero-order valence-corrected chi connectivity index (χ0v) is 11.7. The number of hydrogen-bond donors (Lipinski definition) is 1. The molecule has 0 fully saturated rings. The van der Waals surface area contributed by atoms with Gasteiger partial charge in [-0.1, -0.05) is 24.3 Å². The number of para-hydroxylation sites is 1. The molecule has 0 bridgehead atoms. The van der Waals surface area contributed by atoms with Crippen molar-refractivity contribution < 1.29 is 8.78 Å². The van der Waals surface area contributed by atoms with Crippen molar-refractivity contribution in [2.45, 2.75) is 18.9 Å². The summed E-state index contributed by atoms with van der Waals surface area (Å²) >= 11 is 0. The highest BCUT2D eigenvalue weighted by molar-refractivity contribution is 5.57. The number of nitrogens with two attached hydrogens (primary N) is 1. The summed E-state index contributed by atoms with van der Waals surface area (Å²) in [6, 6.07) is 11.6. The molecule has 0 saturated heterocycles. The molecule has 3 rings (SSSR count). The molecule has 2 N–H and O–H groups in total. The van der Waals surface area contributed by atoms with Crippen molar-refractivity contribution in [1.29, 1.82) is 0 Å². The van der Waals surface area contributed by atoms with Gasteiger partial charge in [-0.15, -0.1) is 0 Å². The van der Waals surface area contributed by atoms with Crippen LogP contribution in [0.4, 0.5) is 14.5 Å². The van der Waals surface area contributed by atoms with Gasteiger partial charge < -0.3 is 10.6 Å². The summed E-state index contributed by atoms with van der Waals surface area (Å²) in [4.78, 5) is 2.13. The fraction of sp³-hybridized carbons (Fsp3) is 0.294. The zero-order valence-electron chi connectivity index (χ0n) is 11.7. The van der Waals surface area contributed by atoms with Crippen molar-refractivity contribution in [2.75, 3.05) is 18.0 Å². The summed E-state index contributed by atoms with van der Waals surface area (Å²) < 4.78 is 27.2. The second-order valence-corrected chi connectivity index (χ2v) is 5.34. The number of nitrogens with zero attached hydrogens (tertiary/aromatic N) is 1. The van der Waals surface area contributed by atoms with E-state index in [2.05, 4.69) is 11.0 Å². The standard InChI is InChI=1S/C17H18F2N2/c18-13-7-8-14(15(19)10-13)17(11-20)21-9-3-5-12-4-1-2-6-16(12)21/h1-2,4,6-8,10,17H,3,5,9,11,20H2. The molecule has 1 unspecified atom stereocenters. The molecule has 1 atom stereocenters. The molecule has 0 saturated carbocycles. The molecular weight excluding hydrogens is 270 g/mol. The number of rotatable bonds is 3. The lowest BCUT2D eigenvalue weighted by molar-refractivity contribution is 0.529. The van der Waals surface area contributed by atoms with Gasteiger partial charge in [0.2, 0.25) is 0 Å². The molecule has 0 spiro atoms. The lowest BCUT2D eigenvalue weighted by Gasteiger charge is -2.37. The smallest absolute Gasteiger partial charge is 0.131 e. The lowest BCUT2D eigenvalue weighted by Crippen LogP contribution is -2.37. The van der Waals surface area contributed by atoms with Crippen LogP contribution in [0.5, 0.6) is 0 Å². The molecule has 4 heteroatoms. The predicted molar refractivity (Wildman–Crippen MR) is 80.3 cm³/mol. The molecule has 2 aromatic carbocycles. The molecule has 1 heterocycles. The molecular formula is C17H18F2N2. The Morgan fingerprint density at radius 3 is 2.71 bits per heavy atom. The normalized spacial score (nSPS) is 15.7. The molecule has 110 valence electrons. The summed E-state index contributed by atoms with van der Waals surface area (Å²) in [5, 5.41) is 0. The maximum absolute atomic E-state index is 14.1. The summed E-state index contributed by atoms with van der Waals surface area (Å²) in [5.41, 5.74) is 8.71.